The van der Waals surface area contributed by atoms with Gasteiger partial charge in [-0.05, 0) is 23.3 Å². The molecule has 0 aliphatic heterocycles. The first kappa shape index (κ1) is 17.2. The minimum absolute atomic E-state index is 0.710. The lowest BCUT2D eigenvalue weighted by Gasteiger charge is -2.11. The molecule has 5 nitrogen and oxygen atoms in total. The fourth-order valence-corrected chi connectivity index (χ4v) is 3.73. The Morgan fingerprint density at radius 1 is 1.00 bits per heavy atom. The highest BCUT2D eigenvalue weighted by molar-refractivity contribution is 7.17. The minimum atomic E-state index is 0.710. The largest absolute Gasteiger partial charge is 0.378 e. The quantitative estimate of drug-likeness (QED) is 0.400. The first-order valence-electron chi connectivity index (χ1n) is 8.56. The summed E-state index contributed by atoms with van der Waals surface area (Å²) >= 11 is 1.61. The normalized spacial score (nSPS) is 11.2. The third-order valence-corrected chi connectivity index (χ3v) is 5.13. The van der Waals surface area contributed by atoms with Gasteiger partial charge in [-0.2, -0.15) is 5.10 Å². The number of hydrogen-bond acceptors (Lipinski definition) is 6. The van der Waals surface area contributed by atoms with Crippen molar-refractivity contribution in [3.63, 3.8) is 0 Å². The van der Waals surface area contributed by atoms with E-state index in [1.54, 1.807) is 23.9 Å². The molecule has 6 heteroatoms. The van der Waals surface area contributed by atoms with Crippen LogP contribution in [-0.2, 0) is 0 Å². The van der Waals surface area contributed by atoms with Gasteiger partial charge < -0.3 is 4.90 Å². The Morgan fingerprint density at radius 2 is 1.78 bits per heavy atom. The average molecular weight is 373 g/mol. The van der Waals surface area contributed by atoms with Gasteiger partial charge in [0.15, 0.2) is 5.82 Å². The Bertz CT molecular complexity index is 1070. The zero-order chi connectivity index (χ0) is 18.6. The molecule has 0 unspecified atom stereocenters. The summed E-state index contributed by atoms with van der Waals surface area (Å²) in [5.41, 5.74) is 7.52. The summed E-state index contributed by atoms with van der Waals surface area (Å²) < 4.78 is 0. The Labute approximate surface area is 162 Å². The van der Waals surface area contributed by atoms with Crippen LogP contribution in [0.4, 0.5) is 11.5 Å². The summed E-state index contributed by atoms with van der Waals surface area (Å²) in [5.74, 6) is 0.710. The molecule has 0 atom stereocenters. The van der Waals surface area contributed by atoms with Gasteiger partial charge in [-0.15, -0.1) is 11.3 Å². The number of nitrogens with one attached hydrogen (secondary N) is 1. The number of thiophene rings is 1. The van der Waals surface area contributed by atoms with Gasteiger partial charge in [-0.1, -0.05) is 42.5 Å². The summed E-state index contributed by atoms with van der Waals surface area (Å²) in [6, 6.07) is 18.5. The highest BCUT2D eigenvalue weighted by Crippen LogP contribution is 2.36. The maximum atomic E-state index is 4.40. The number of hydrazone groups is 1. The van der Waals surface area contributed by atoms with Crippen LogP contribution in [0, 0.1) is 0 Å². The molecule has 2 aromatic carbocycles. The van der Waals surface area contributed by atoms with Gasteiger partial charge in [0.2, 0.25) is 0 Å². The summed E-state index contributed by atoms with van der Waals surface area (Å²) in [6.07, 6.45) is 3.36. The van der Waals surface area contributed by atoms with Crippen molar-refractivity contribution in [1.29, 1.82) is 0 Å². The second kappa shape index (κ2) is 7.55. The van der Waals surface area contributed by atoms with Crippen molar-refractivity contribution < 1.29 is 0 Å². The number of benzene rings is 2. The maximum absolute atomic E-state index is 4.40. The van der Waals surface area contributed by atoms with Crippen LogP contribution >= 0.6 is 11.3 Å². The molecular formula is C21H19N5S. The van der Waals surface area contributed by atoms with Crippen molar-refractivity contribution in [2.24, 2.45) is 5.10 Å². The molecule has 0 bridgehead atoms. The van der Waals surface area contributed by atoms with Gasteiger partial charge in [0.1, 0.15) is 11.2 Å². The SMILES string of the molecule is CN(C)c1ccc(/C=N/Nc2ncnc3scc(-c4ccccc4)c23)cc1. The van der Waals surface area contributed by atoms with Crippen molar-refractivity contribution in [2.45, 2.75) is 0 Å². The van der Waals surface area contributed by atoms with Crippen molar-refractivity contribution in [2.75, 3.05) is 24.4 Å². The van der Waals surface area contributed by atoms with E-state index in [0.717, 1.165) is 32.6 Å². The van der Waals surface area contributed by atoms with E-state index in [-0.39, 0.29) is 0 Å². The third kappa shape index (κ3) is 3.66. The van der Waals surface area contributed by atoms with Gasteiger partial charge in [0.25, 0.3) is 0 Å². The van der Waals surface area contributed by atoms with Gasteiger partial charge in [-0.3, -0.25) is 5.43 Å². The number of hydrogen-bond donors (Lipinski definition) is 1. The molecule has 4 aromatic rings. The monoisotopic (exact) mass is 373 g/mol. The Hall–Kier alpha value is -3.25. The van der Waals surface area contributed by atoms with Crippen LogP contribution in [0.15, 0.2) is 71.4 Å². The topological polar surface area (TPSA) is 53.4 Å². The van der Waals surface area contributed by atoms with Gasteiger partial charge >= 0.3 is 0 Å². The van der Waals surface area contributed by atoms with Crippen LogP contribution < -0.4 is 10.3 Å². The molecule has 0 fully saturated rings. The van der Waals surface area contributed by atoms with E-state index in [0.29, 0.717) is 5.82 Å². The minimum Gasteiger partial charge on any atom is -0.378 e. The third-order valence-electron chi connectivity index (χ3n) is 4.25. The van der Waals surface area contributed by atoms with Crippen molar-refractivity contribution >= 4 is 39.3 Å². The lowest BCUT2D eigenvalue weighted by Crippen LogP contribution is -2.08. The molecule has 0 amide bonds. The fraction of sp³-hybridized carbons (Fsp3) is 0.0952. The van der Waals surface area contributed by atoms with E-state index in [4.69, 9.17) is 0 Å². The molecule has 0 saturated heterocycles. The summed E-state index contributed by atoms with van der Waals surface area (Å²) in [6.45, 7) is 0. The molecule has 27 heavy (non-hydrogen) atoms. The number of rotatable bonds is 5. The molecule has 134 valence electrons. The van der Waals surface area contributed by atoms with E-state index in [1.807, 2.05) is 44.4 Å². The predicted octanol–water partition coefficient (Wildman–Crippen LogP) is 4.87. The van der Waals surface area contributed by atoms with Gasteiger partial charge in [-0.25, -0.2) is 9.97 Å². The lowest BCUT2D eigenvalue weighted by atomic mass is 10.1. The summed E-state index contributed by atoms with van der Waals surface area (Å²) in [7, 11) is 4.05. The van der Waals surface area contributed by atoms with E-state index in [1.165, 1.54) is 0 Å². The number of aromatic nitrogens is 2. The molecule has 0 spiro atoms. The van der Waals surface area contributed by atoms with Crippen molar-refractivity contribution in [3.8, 4) is 11.1 Å². The highest BCUT2D eigenvalue weighted by Gasteiger charge is 2.12. The van der Waals surface area contributed by atoms with Crippen LogP contribution in [0.3, 0.4) is 0 Å². The van der Waals surface area contributed by atoms with E-state index >= 15 is 0 Å². The van der Waals surface area contributed by atoms with Gasteiger partial charge in [0.05, 0.1) is 11.6 Å². The van der Waals surface area contributed by atoms with Crippen LogP contribution in [0.25, 0.3) is 21.3 Å². The van der Waals surface area contributed by atoms with Crippen molar-refractivity contribution in [1.82, 2.24) is 9.97 Å². The first-order valence-corrected chi connectivity index (χ1v) is 9.44. The second-order valence-corrected chi connectivity index (χ2v) is 7.13. The number of nitrogens with zero attached hydrogens (tertiary/aromatic N) is 4. The first-order chi connectivity index (χ1) is 13.2. The Kier molecular flexibility index (Phi) is 4.80. The Balaban J connectivity index is 1.61. The molecule has 2 heterocycles. The molecule has 0 aliphatic rings. The zero-order valence-corrected chi connectivity index (χ0v) is 15.9. The van der Waals surface area contributed by atoms with Crippen LogP contribution in [0.5, 0.6) is 0 Å². The molecule has 1 N–H and O–H groups in total. The second-order valence-electron chi connectivity index (χ2n) is 6.27. The van der Waals surface area contributed by atoms with Crippen LogP contribution in [-0.4, -0.2) is 30.3 Å². The van der Waals surface area contributed by atoms with E-state index < -0.39 is 0 Å². The average Bonchev–Trinajstić information content (AvgIpc) is 3.14. The predicted molar refractivity (Wildman–Crippen MR) is 115 cm³/mol. The lowest BCUT2D eigenvalue weighted by molar-refractivity contribution is 1.13. The maximum Gasteiger partial charge on any atom is 0.159 e. The molecule has 0 saturated carbocycles. The summed E-state index contributed by atoms with van der Waals surface area (Å²) in [5, 5.41) is 7.49. The standard InChI is InChI=1S/C21H19N5S/c1-26(2)17-10-8-15(9-11-17)12-24-25-20-19-18(16-6-4-3-5-7-16)13-27-21(19)23-14-22-20/h3-14H,1-2H3,(H,22,23,25)/b24-12+. The van der Waals surface area contributed by atoms with E-state index in [9.17, 15) is 0 Å². The van der Waals surface area contributed by atoms with Crippen LogP contribution in [0.2, 0.25) is 0 Å². The number of fused-ring (bicyclic) bond motifs is 1. The summed E-state index contributed by atoms with van der Waals surface area (Å²) in [4.78, 5) is 11.8. The molecule has 0 radical (unpaired) electrons. The molecule has 2 aromatic heterocycles. The molecule has 4 rings (SSSR count). The van der Waals surface area contributed by atoms with Gasteiger partial charge in [0, 0.05) is 30.7 Å². The smallest absolute Gasteiger partial charge is 0.159 e. The number of anilines is 2. The van der Waals surface area contributed by atoms with Crippen molar-refractivity contribution in [3.05, 3.63) is 71.9 Å². The zero-order valence-electron chi connectivity index (χ0n) is 15.1. The highest BCUT2D eigenvalue weighted by atomic mass is 32.1. The van der Waals surface area contributed by atoms with Crippen LogP contribution in [0.1, 0.15) is 5.56 Å². The molecule has 0 aliphatic carbocycles. The van der Waals surface area contributed by atoms with E-state index in [2.05, 4.69) is 55.0 Å². The molecular weight excluding hydrogens is 354 g/mol. The Morgan fingerprint density at radius 3 is 2.52 bits per heavy atom. The fourth-order valence-electron chi connectivity index (χ4n) is 2.82.